The fraction of sp³-hybridized carbons (Fsp3) is 0.333. The van der Waals surface area contributed by atoms with E-state index in [-0.39, 0.29) is 6.10 Å². The van der Waals surface area contributed by atoms with Gasteiger partial charge in [0.15, 0.2) is 5.69 Å². The number of aryl methyl sites for hydroxylation is 1. The second kappa shape index (κ2) is 5.47. The molecule has 0 fully saturated rings. The molecule has 0 aliphatic heterocycles. The Hall–Kier alpha value is -1.60. The van der Waals surface area contributed by atoms with Crippen molar-refractivity contribution < 1.29 is 4.74 Å². The van der Waals surface area contributed by atoms with Gasteiger partial charge in [-0.25, -0.2) is 4.85 Å². The lowest BCUT2D eigenvalue weighted by atomic mass is 10.2. The molecule has 0 aliphatic carbocycles. The van der Waals surface area contributed by atoms with Crippen LogP contribution in [0.25, 0.3) is 4.85 Å². The summed E-state index contributed by atoms with van der Waals surface area (Å²) in [5, 5.41) is 3.32. The van der Waals surface area contributed by atoms with Crippen LogP contribution >= 0.6 is 12.2 Å². The summed E-state index contributed by atoms with van der Waals surface area (Å²) < 4.78 is 5.31. The van der Waals surface area contributed by atoms with Gasteiger partial charge in [0.05, 0.1) is 12.7 Å². The molecule has 84 valence electrons. The molecule has 3 nitrogen and oxygen atoms in total. The number of thiocarbonyl (C=S) groups is 1. The summed E-state index contributed by atoms with van der Waals surface area (Å²) in [7, 11) is 0. The number of ether oxygens (including phenoxy) is 1. The van der Waals surface area contributed by atoms with Gasteiger partial charge in [-0.2, -0.15) is 0 Å². The third-order valence-corrected chi connectivity index (χ3v) is 2.10. The fourth-order valence-electron chi connectivity index (χ4n) is 1.22. The van der Waals surface area contributed by atoms with E-state index in [1.54, 1.807) is 6.07 Å². The standard InChI is InChI=1S/C12H14N2OS/c1-8(2)15-12(16)14-10-5-6-11(13-4)9(3)7-10/h5-8H,1-3H3,(H,14,16). The van der Waals surface area contributed by atoms with Gasteiger partial charge in [0, 0.05) is 5.69 Å². The summed E-state index contributed by atoms with van der Waals surface area (Å²) >= 11 is 5.02. The van der Waals surface area contributed by atoms with Gasteiger partial charge in [0.1, 0.15) is 0 Å². The molecule has 4 heteroatoms. The number of anilines is 1. The number of benzene rings is 1. The Morgan fingerprint density at radius 2 is 2.19 bits per heavy atom. The van der Waals surface area contributed by atoms with Crippen molar-refractivity contribution in [1.82, 2.24) is 0 Å². The minimum absolute atomic E-state index is 0.0589. The zero-order valence-corrected chi connectivity index (χ0v) is 10.4. The monoisotopic (exact) mass is 234 g/mol. The topological polar surface area (TPSA) is 25.6 Å². The molecule has 16 heavy (non-hydrogen) atoms. The average Bonchev–Trinajstić information content (AvgIpc) is 2.16. The van der Waals surface area contributed by atoms with Gasteiger partial charge in [0.2, 0.25) is 0 Å². The first-order valence-electron chi connectivity index (χ1n) is 4.98. The summed E-state index contributed by atoms with van der Waals surface area (Å²) in [4.78, 5) is 3.40. The van der Waals surface area contributed by atoms with Crippen LogP contribution < -0.4 is 5.32 Å². The Balaban J connectivity index is 2.73. The summed E-state index contributed by atoms with van der Waals surface area (Å²) in [5.41, 5.74) is 2.42. The molecule has 0 heterocycles. The Kier molecular flexibility index (Phi) is 4.27. The molecular weight excluding hydrogens is 220 g/mol. The number of nitrogens with zero attached hydrogens (tertiary/aromatic N) is 1. The molecule has 0 unspecified atom stereocenters. The molecule has 0 saturated heterocycles. The Morgan fingerprint density at radius 1 is 1.50 bits per heavy atom. The summed E-state index contributed by atoms with van der Waals surface area (Å²) in [6, 6.07) is 5.46. The van der Waals surface area contributed by atoms with Crippen molar-refractivity contribution in [3.8, 4) is 0 Å². The fourth-order valence-corrected chi connectivity index (χ4v) is 1.53. The maximum Gasteiger partial charge on any atom is 0.261 e. The summed E-state index contributed by atoms with van der Waals surface area (Å²) in [5.74, 6) is 0. The summed E-state index contributed by atoms with van der Waals surface area (Å²) in [6.07, 6.45) is 0.0589. The van der Waals surface area contributed by atoms with E-state index in [4.69, 9.17) is 23.5 Å². The first-order chi connectivity index (χ1) is 7.52. The summed E-state index contributed by atoms with van der Waals surface area (Å²) in [6.45, 7) is 12.7. The lowest BCUT2D eigenvalue weighted by Gasteiger charge is -2.12. The highest BCUT2D eigenvalue weighted by atomic mass is 32.1. The van der Waals surface area contributed by atoms with Gasteiger partial charge >= 0.3 is 0 Å². The van der Waals surface area contributed by atoms with Gasteiger partial charge in [-0.15, -0.1) is 0 Å². The Bertz CT molecular complexity index is 435. The smallest absolute Gasteiger partial charge is 0.261 e. The van der Waals surface area contributed by atoms with Crippen LogP contribution in [0.2, 0.25) is 0 Å². The Morgan fingerprint density at radius 3 is 2.69 bits per heavy atom. The molecule has 1 aromatic rings. The van der Waals surface area contributed by atoms with Crippen molar-refractivity contribution in [3.05, 3.63) is 35.2 Å². The third-order valence-electron chi connectivity index (χ3n) is 1.91. The largest absolute Gasteiger partial charge is 0.468 e. The maximum absolute atomic E-state index is 6.94. The van der Waals surface area contributed by atoms with Crippen LogP contribution in [-0.2, 0) is 4.74 Å². The zero-order chi connectivity index (χ0) is 12.1. The first-order valence-corrected chi connectivity index (χ1v) is 5.39. The molecule has 1 rings (SSSR count). The molecule has 0 bridgehead atoms. The van der Waals surface area contributed by atoms with E-state index in [0.29, 0.717) is 10.9 Å². The predicted molar refractivity (Wildman–Crippen MR) is 69.9 cm³/mol. The maximum atomic E-state index is 6.94. The van der Waals surface area contributed by atoms with Crippen LogP contribution in [0, 0.1) is 13.5 Å². The van der Waals surface area contributed by atoms with Crippen LogP contribution in [0.5, 0.6) is 0 Å². The van der Waals surface area contributed by atoms with Crippen molar-refractivity contribution in [3.63, 3.8) is 0 Å². The van der Waals surface area contributed by atoms with Gasteiger partial charge in [-0.05, 0) is 50.7 Å². The SMILES string of the molecule is [C-]#[N+]c1ccc(NC(=S)OC(C)C)cc1C. The quantitative estimate of drug-likeness (QED) is 0.624. The van der Waals surface area contributed by atoms with E-state index < -0.39 is 0 Å². The van der Waals surface area contributed by atoms with Gasteiger partial charge in [-0.1, -0.05) is 6.07 Å². The highest BCUT2D eigenvalue weighted by Crippen LogP contribution is 2.22. The second-order valence-electron chi connectivity index (χ2n) is 3.69. The number of rotatable bonds is 2. The number of nitrogens with one attached hydrogen (secondary N) is 1. The highest BCUT2D eigenvalue weighted by molar-refractivity contribution is 7.80. The molecule has 0 atom stereocenters. The van der Waals surface area contributed by atoms with Gasteiger partial charge < -0.3 is 10.1 Å². The van der Waals surface area contributed by atoms with Crippen LogP contribution in [0.1, 0.15) is 19.4 Å². The van der Waals surface area contributed by atoms with Crippen LogP contribution in [0.3, 0.4) is 0 Å². The lowest BCUT2D eigenvalue weighted by Crippen LogP contribution is -2.17. The molecular formula is C12H14N2OS. The van der Waals surface area contributed by atoms with Crippen LogP contribution in [0.15, 0.2) is 18.2 Å². The van der Waals surface area contributed by atoms with Gasteiger partial charge in [-0.3, -0.25) is 0 Å². The minimum atomic E-state index is 0.0589. The zero-order valence-electron chi connectivity index (χ0n) is 9.57. The van der Waals surface area contributed by atoms with E-state index in [9.17, 15) is 0 Å². The van der Waals surface area contributed by atoms with E-state index >= 15 is 0 Å². The molecule has 1 aromatic carbocycles. The number of hydrogen-bond donors (Lipinski definition) is 1. The van der Waals surface area contributed by atoms with Crippen LogP contribution in [-0.4, -0.2) is 11.3 Å². The van der Waals surface area contributed by atoms with Crippen molar-refractivity contribution in [1.29, 1.82) is 0 Å². The van der Waals surface area contributed by atoms with Crippen molar-refractivity contribution >= 4 is 28.8 Å². The molecule has 0 aromatic heterocycles. The van der Waals surface area contributed by atoms with Crippen LogP contribution in [0.4, 0.5) is 11.4 Å². The average molecular weight is 234 g/mol. The van der Waals surface area contributed by atoms with Crippen molar-refractivity contribution in [2.75, 3.05) is 5.32 Å². The predicted octanol–water partition coefficient (Wildman–Crippen LogP) is 3.67. The molecule has 0 radical (unpaired) electrons. The first kappa shape index (κ1) is 12.5. The molecule has 0 amide bonds. The Labute approximate surface area is 101 Å². The third kappa shape index (κ3) is 3.52. The molecule has 1 N–H and O–H groups in total. The van der Waals surface area contributed by atoms with E-state index in [1.807, 2.05) is 32.9 Å². The normalized spacial score (nSPS) is 9.69. The number of hydrogen-bond acceptors (Lipinski definition) is 2. The molecule has 0 saturated carbocycles. The highest BCUT2D eigenvalue weighted by Gasteiger charge is 2.03. The second-order valence-corrected chi connectivity index (χ2v) is 4.06. The van der Waals surface area contributed by atoms with E-state index in [1.165, 1.54) is 0 Å². The van der Waals surface area contributed by atoms with Gasteiger partial charge in [0.25, 0.3) is 5.17 Å². The van der Waals surface area contributed by atoms with Crippen molar-refractivity contribution in [2.45, 2.75) is 26.9 Å². The van der Waals surface area contributed by atoms with E-state index in [0.717, 1.165) is 11.3 Å². The minimum Gasteiger partial charge on any atom is -0.468 e. The van der Waals surface area contributed by atoms with E-state index in [2.05, 4.69) is 10.2 Å². The van der Waals surface area contributed by atoms with Crippen molar-refractivity contribution in [2.24, 2.45) is 0 Å². The molecule has 0 spiro atoms. The molecule has 0 aliphatic rings. The lowest BCUT2D eigenvalue weighted by molar-refractivity contribution is 0.235.